The van der Waals surface area contributed by atoms with Crippen molar-refractivity contribution in [2.45, 2.75) is 18.6 Å². The molecular weight excluding hydrogens is 343 g/mol. The minimum absolute atomic E-state index is 0.189. The van der Waals surface area contributed by atoms with E-state index in [1.807, 2.05) is 0 Å². The van der Waals surface area contributed by atoms with Crippen LogP contribution in [0.1, 0.15) is 11.6 Å². The number of ether oxygens (including phenoxy) is 1. The second kappa shape index (κ2) is 8.22. The summed E-state index contributed by atoms with van der Waals surface area (Å²) in [6.07, 6.45) is -3.14. The third-order valence-electron chi connectivity index (χ3n) is 3.06. The highest BCUT2D eigenvalue weighted by Crippen LogP contribution is 2.15. The normalized spacial score (nSPS) is 12.4. The molecule has 1 amide bonds. The molecule has 0 aliphatic carbocycles. The first-order valence-electron chi connectivity index (χ1n) is 7.11. The van der Waals surface area contributed by atoms with E-state index in [1.54, 1.807) is 35.6 Å². The molecule has 1 heterocycles. The predicted octanol–water partition coefficient (Wildman–Crippen LogP) is 0.679. The lowest BCUT2D eigenvalue weighted by atomic mass is 10.1. The summed E-state index contributed by atoms with van der Waals surface area (Å²) in [6, 6.07) is 7.97. The molecule has 1 N–H and O–H groups in total. The van der Waals surface area contributed by atoms with E-state index in [-0.39, 0.29) is 6.42 Å². The summed E-state index contributed by atoms with van der Waals surface area (Å²) in [6.45, 7) is -2.33. The smallest absolute Gasteiger partial charge is 0.405 e. The van der Waals surface area contributed by atoms with E-state index in [9.17, 15) is 22.8 Å². The van der Waals surface area contributed by atoms with Crippen LogP contribution in [0.25, 0.3) is 0 Å². The molecule has 11 heteroatoms. The average Bonchev–Trinajstić information content (AvgIpc) is 3.10. The van der Waals surface area contributed by atoms with Crippen molar-refractivity contribution in [3.8, 4) is 0 Å². The molecule has 1 aromatic heterocycles. The van der Waals surface area contributed by atoms with Crippen LogP contribution in [0.2, 0.25) is 0 Å². The van der Waals surface area contributed by atoms with Gasteiger partial charge in [-0.2, -0.15) is 13.2 Å². The number of aromatic nitrogens is 4. The first-order chi connectivity index (χ1) is 11.8. The molecule has 0 saturated carbocycles. The Morgan fingerprint density at radius 1 is 1.24 bits per heavy atom. The Morgan fingerprint density at radius 2 is 1.96 bits per heavy atom. The van der Waals surface area contributed by atoms with Gasteiger partial charge >= 0.3 is 12.1 Å². The summed E-state index contributed by atoms with van der Waals surface area (Å²) >= 11 is 0. The summed E-state index contributed by atoms with van der Waals surface area (Å²) in [5, 5.41) is 12.1. The van der Waals surface area contributed by atoms with Gasteiger partial charge in [-0.1, -0.05) is 30.3 Å². The molecule has 8 nitrogen and oxygen atoms in total. The van der Waals surface area contributed by atoms with Crippen molar-refractivity contribution >= 4 is 11.9 Å². The molecule has 1 atom stereocenters. The first kappa shape index (κ1) is 18.4. The number of alkyl halides is 3. The summed E-state index contributed by atoms with van der Waals surface area (Å²) in [4.78, 5) is 23.5. The second-order valence-electron chi connectivity index (χ2n) is 4.99. The van der Waals surface area contributed by atoms with Gasteiger partial charge in [0.2, 0.25) is 0 Å². The van der Waals surface area contributed by atoms with Crippen LogP contribution in [-0.2, 0) is 20.7 Å². The van der Waals surface area contributed by atoms with Gasteiger partial charge in [0, 0.05) is 6.42 Å². The van der Waals surface area contributed by atoms with Crippen LogP contribution in [-0.4, -0.2) is 51.4 Å². The van der Waals surface area contributed by atoms with E-state index in [2.05, 4.69) is 15.5 Å². The number of rotatable bonds is 7. The van der Waals surface area contributed by atoms with Gasteiger partial charge in [0.1, 0.15) is 12.9 Å². The fraction of sp³-hybridized carbons (Fsp3) is 0.357. The van der Waals surface area contributed by atoms with E-state index in [0.29, 0.717) is 0 Å². The minimum atomic E-state index is -4.54. The summed E-state index contributed by atoms with van der Waals surface area (Å²) in [5.74, 6) is -1.89. The maximum Gasteiger partial charge on any atom is 0.405 e. The fourth-order valence-corrected chi connectivity index (χ4v) is 1.92. The number of tetrazole rings is 1. The lowest BCUT2D eigenvalue weighted by Crippen LogP contribution is -2.37. The Morgan fingerprint density at radius 3 is 2.56 bits per heavy atom. The van der Waals surface area contributed by atoms with Crippen molar-refractivity contribution in [1.29, 1.82) is 0 Å². The number of carbonyl (C=O) groups is 2. The lowest BCUT2D eigenvalue weighted by Gasteiger charge is -2.15. The Balaban J connectivity index is 1.95. The van der Waals surface area contributed by atoms with Crippen LogP contribution >= 0.6 is 0 Å². The van der Waals surface area contributed by atoms with E-state index in [4.69, 9.17) is 4.74 Å². The number of nitrogens with one attached hydrogen (secondary N) is 1. The molecule has 0 fully saturated rings. The number of hydrogen-bond acceptors (Lipinski definition) is 6. The quantitative estimate of drug-likeness (QED) is 0.732. The summed E-state index contributed by atoms with van der Waals surface area (Å²) in [7, 11) is 0. The van der Waals surface area contributed by atoms with E-state index < -0.39 is 37.2 Å². The minimum Gasteiger partial charge on any atom is -0.454 e. The van der Waals surface area contributed by atoms with Crippen LogP contribution < -0.4 is 5.32 Å². The molecule has 2 rings (SSSR count). The number of amides is 1. The van der Waals surface area contributed by atoms with E-state index >= 15 is 0 Å². The highest BCUT2D eigenvalue weighted by atomic mass is 19.4. The van der Waals surface area contributed by atoms with Gasteiger partial charge < -0.3 is 10.1 Å². The summed E-state index contributed by atoms with van der Waals surface area (Å²) in [5.41, 5.74) is 0.793. The van der Waals surface area contributed by atoms with Crippen LogP contribution in [0.15, 0.2) is 36.7 Å². The predicted molar refractivity (Wildman–Crippen MR) is 77.0 cm³/mol. The fourth-order valence-electron chi connectivity index (χ4n) is 1.92. The monoisotopic (exact) mass is 357 g/mol. The van der Waals surface area contributed by atoms with Gasteiger partial charge in [0.15, 0.2) is 12.6 Å². The number of carbonyl (C=O) groups excluding carboxylic acids is 2. The molecular formula is C14H14F3N5O3. The lowest BCUT2D eigenvalue weighted by molar-refractivity contribution is -0.154. The van der Waals surface area contributed by atoms with Crippen LogP contribution in [0.3, 0.4) is 0 Å². The number of benzene rings is 1. The van der Waals surface area contributed by atoms with Crippen molar-refractivity contribution in [2.75, 3.05) is 13.2 Å². The van der Waals surface area contributed by atoms with Gasteiger partial charge in [-0.15, -0.1) is 5.10 Å². The Hall–Kier alpha value is -2.98. The third kappa shape index (κ3) is 6.20. The van der Waals surface area contributed by atoms with Crippen molar-refractivity contribution in [3.05, 3.63) is 42.2 Å². The zero-order valence-electron chi connectivity index (χ0n) is 12.8. The first-order valence-corrected chi connectivity index (χ1v) is 7.11. The maximum absolute atomic E-state index is 12.2. The van der Waals surface area contributed by atoms with Gasteiger partial charge in [-0.25, -0.2) is 9.48 Å². The molecule has 0 radical (unpaired) electrons. The zero-order valence-corrected chi connectivity index (χ0v) is 12.8. The van der Waals surface area contributed by atoms with Gasteiger partial charge in [0.25, 0.3) is 5.91 Å². The van der Waals surface area contributed by atoms with Crippen LogP contribution in [0.4, 0.5) is 13.2 Å². The van der Waals surface area contributed by atoms with E-state index in [1.165, 1.54) is 6.33 Å². The molecule has 0 aliphatic heterocycles. The molecule has 0 spiro atoms. The number of nitrogens with zero attached hydrogens (tertiary/aromatic N) is 4. The number of halogens is 3. The highest BCUT2D eigenvalue weighted by molar-refractivity contribution is 5.81. The van der Waals surface area contributed by atoms with Crippen LogP contribution in [0, 0.1) is 0 Å². The topological polar surface area (TPSA) is 99.0 Å². The molecule has 0 unspecified atom stereocenters. The highest BCUT2D eigenvalue weighted by Gasteiger charge is 2.28. The SMILES string of the molecule is O=C(COC(=O)[C@H](Cc1ccccc1)n1cnnn1)NCC(F)(F)F. The maximum atomic E-state index is 12.2. The number of hydrogen-bond donors (Lipinski definition) is 1. The molecule has 134 valence electrons. The zero-order chi connectivity index (χ0) is 18.3. The number of esters is 1. The third-order valence-corrected chi connectivity index (χ3v) is 3.06. The van der Waals surface area contributed by atoms with Gasteiger partial charge in [-0.05, 0) is 16.0 Å². The van der Waals surface area contributed by atoms with Gasteiger partial charge in [0.05, 0.1) is 0 Å². The molecule has 0 saturated heterocycles. The molecule has 0 aliphatic rings. The standard InChI is InChI=1S/C14H14F3N5O3/c15-14(16,17)8-18-12(23)7-25-13(24)11(22-9-19-20-21-22)6-10-4-2-1-3-5-10/h1-5,9,11H,6-8H2,(H,18,23)/t11-/m0/s1. The van der Waals surface area contributed by atoms with Crippen molar-refractivity contribution in [3.63, 3.8) is 0 Å². The molecule has 2 aromatic rings. The average molecular weight is 357 g/mol. The van der Waals surface area contributed by atoms with Crippen LogP contribution in [0.5, 0.6) is 0 Å². The molecule has 25 heavy (non-hydrogen) atoms. The van der Waals surface area contributed by atoms with Crippen molar-refractivity contribution in [2.24, 2.45) is 0 Å². The molecule has 0 bridgehead atoms. The Kier molecular flexibility index (Phi) is 6.03. The van der Waals surface area contributed by atoms with Crippen molar-refractivity contribution in [1.82, 2.24) is 25.5 Å². The summed E-state index contributed by atoms with van der Waals surface area (Å²) < 4.78 is 42.0. The van der Waals surface area contributed by atoms with Gasteiger partial charge in [-0.3, -0.25) is 4.79 Å². The second-order valence-corrected chi connectivity index (χ2v) is 4.99. The Labute approximate surface area is 140 Å². The Bertz CT molecular complexity index is 691. The van der Waals surface area contributed by atoms with E-state index in [0.717, 1.165) is 10.2 Å². The largest absolute Gasteiger partial charge is 0.454 e. The molecule has 1 aromatic carbocycles. The van der Waals surface area contributed by atoms with Crippen molar-refractivity contribution < 1.29 is 27.5 Å².